The van der Waals surface area contributed by atoms with Crippen molar-refractivity contribution in [1.82, 2.24) is 30.8 Å². The van der Waals surface area contributed by atoms with Gasteiger partial charge in [-0.25, -0.2) is 9.78 Å². The van der Waals surface area contributed by atoms with Gasteiger partial charge in [-0.2, -0.15) is 0 Å². The zero-order valence-corrected chi connectivity index (χ0v) is 25.0. The van der Waals surface area contributed by atoms with E-state index in [0.29, 0.717) is 5.75 Å². The van der Waals surface area contributed by atoms with Crippen molar-refractivity contribution in [2.75, 3.05) is 19.6 Å². The van der Waals surface area contributed by atoms with E-state index in [2.05, 4.69) is 25.9 Å². The molecule has 4 rings (SSSR count). The summed E-state index contributed by atoms with van der Waals surface area (Å²) in [4.78, 5) is 73.4. The minimum atomic E-state index is -0.966. The van der Waals surface area contributed by atoms with Crippen LogP contribution in [-0.4, -0.2) is 82.0 Å². The van der Waals surface area contributed by atoms with Gasteiger partial charge in [-0.15, -0.1) is 0 Å². The first-order chi connectivity index (χ1) is 20.9. The SMILES string of the molecule is CC[C@H](NC(=O)CNC(=O)c1cnccn1)C(=O)N[C@H]1CN(C(=O)Oc2cccc3ccccc23)C[C@H]1C(=O)OC(C)(C)C. The summed E-state index contributed by atoms with van der Waals surface area (Å²) in [7, 11) is 0. The standard InChI is InChI=1S/C31H36N6O7/c1-5-22(35-26(38)16-34-27(39)23-15-32-13-14-33-23)28(40)36-24-18-37(17-21(24)29(41)44-31(2,3)4)30(42)43-25-12-8-10-19-9-6-7-11-20(19)25/h6-15,21-22,24H,5,16-18H2,1-4H3,(H,34,39)(H,35,38)(H,36,40)/t21-,22+,24+/m1/s1. The fourth-order valence-corrected chi connectivity index (χ4v) is 4.71. The van der Waals surface area contributed by atoms with Crippen LogP contribution >= 0.6 is 0 Å². The van der Waals surface area contributed by atoms with E-state index in [4.69, 9.17) is 9.47 Å². The van der Waals surface area contributed by atoms with Crippen LogP contribution in [-0.2, 0) is 19.1 Å². The Hall–Kier alpha value is -5.07. The fraction of sp³-hybridized carbons (Fsp3) is 0.387. The molecule has 0 aliphatic carbocycles. The van der Waals surface area contributed by atoms with Crippen molar-refractivity contribution in [2.24, 2.45) is 5.92 Å². The maximum absolute atomic E-state index is 13.3. The molecule has 13 nitrogen and oxygen atoms in total. The number of fused-ring (bicyclic) bond motifs is 1. The Bertz CT molecular complexity index is 1520. The molecule has 0 bridgehead atoms. The van der Waals surface area contributed by atoms with Crippen molar-refractivity contribution < 1.29 is 33.4 Å². The molecule has 1 aliphatic heterocycles. The Morgan fingerprint density at radius 1 is 1.02 bits per heavy atom. The Balaban J connectivity index is 1.41. The highest BCUT2D eigenvalue weighted by molar-refractivity contribution is 5.95. The van der Waals surface area contributed by atoms with Crippen LogP contribution in [0.5, 0.6) is 5.75 Å². The van der Waals surface area contributed by atoms with Crippen LogP contribution in [0.3, 0.4) is 0 Å². The highest BCUT2D eigenvalue weighted by Crippen LogP contribution is 2.28. The third kappa shape index (κ3) is 8.27. The molecule has 1 aromatic heterocycles. The highest BCUT2D eigenvalue weighted by Gasteiger charge is 2.44. The lowest BCUT2D eigenvalue weighted by molar-refractivity contribution is -0.160. The van der Waals surface area contributed by atoms with Crippen molar-refractivity contribution in [3.8, 4) is 5.75 Å². The second kappa shape index (κ2) is 13.9. The van der Waals surface area contributed by atoms with E-state index in [9.17, 15) is 24.0 Å². The molecule has 3 N–H and O–H groups in total. The molecule has 0 unspecified atom stereocenters. The number of amides is 4. The number of hydrogen-bond acceptors (Lipinski definition) is 9. The average molecular weight is 605 g/mol. The van der Waals surface area contributed by atoms with Crippen LogP contribution in [0.2, 0.25) is 0 Å². The van der Waals surface area contributed by atoms with Crippen LogP contribution in [0.25, 0.3) is 10.8 Å². The van der Waals surface area contributed by atoms with Gasteiger partial charge in [-0.3, -0.25) is 24.2 Å². The zero-order chi connectivity index (χ0) is 31.9. The van der Waals surface area contributed by atoms with Crippen LogP contribution < -0.4 is 20.7 Å². The van der Waals surface area contributed by atoms with E-state index in [1.54, 1.807) is 39.8 Å². The summed E-state index contributed by atoms with van der Waals surface area (Å²) < 4.78 is 11.3. The molecule has 3 atom stereocenters. The van der Waals surface area contributed by atoms with Gasteiger partial charge in [-0.1, -0.05) is 43.3 Å². The second-order valence-electron chi connectivity index (χ2n) is 11.3. The number of hydrogen-bond donors (Lipinski definition) is 3. The monoisotopic (exact) mass is 604 g/mol. The number of nitrogens with one attached hydrogen (secondary N) is 3. The Morgan fingerprint density at radius 3 is 2.48 bits per heavy atom. The second-order valence-corrected chi connectivity index (χ2v) is 11.3. The number of likely N-dealkylation sites (tertiary alicyclic amines) is 1. The molecule has 2 heterocycles. The minimum absolute atomic E-state index is 0.0161. The summed E-state index contributed by atoms with van der Waals surface area (Å²) >= 11 is 0. The number of ether oxygens (including phenoxy) is 2. The Morgan fingerprint density at radius 2 is 1.77 bits per heavy atom. The molecule has 1 saturated heterocycles. The Labute approximate surface area is 254 Å². The topological polar surface area (TPSA) is 169 Å². The highest BCUT2D eigenvalue weighted by atomic mass is 16.6. The molecule has 0 spiro atoms. The van der Waals surface area contributed by atoms with E-state index in [0.717, 1.165) is 10.8 Å². The van der Waals surface area contributed by atoms with Crippen molar-refractivity contribution in [1.29, 1.82) is 0 Å². The van der Waals surface area contributed by atoms with Crippen molar-refractivity contribution in [3.05, 3.63) is 66.7 Å². The van der Waals surface area contributed by atoms with Gasteiger partial charge in [0.05, 0.1) is 24.7 Å². The van der Waals surface area contributed by atoms with Crippen LogP contribution in [0.4, 0.5) is 4.79 Å². The van der Waals surface area contributed by atoms with Gasteiger partial charge in [0.15, 0.2) is 0 Å². The Kier molecular flexibility index (Phi) is 10.1. The van der Waals surface area contributed by atoms with Gasteiger partial charge in [0.25, 0.3) is 5.91 Å². The molecule has 13 heteroatoms. The number of carbonyl (C=O) groups is 5. The zero-order valence-electron chi connectivity index (χ0n) is 25.0. The number of nitrogens with zero attached hydrogens (tertiary/aromatic N) is 3. The number of esters is 1. The summed E-state index contributed by atoms with van der Waals surface area (Å²) in [6.07, 6.45) is 3.58. The van der Waals surface area contributed by atoms with Gasteiger partial charge in [0.2, 0.25) is 11.8 Å². The molecule has 1 fully saturated rings. The van der Waals surface area contributed by atoms with E-state index in [1.165, 1.54) is 23.5 Å². The maximum Gasteiger partial charge on any atom is 0.415 e. The summed E-state index contributed by atoms with van der Waals surface area (Å²) in [5.74, 6) is -2.82. The molecular formula is C31H36N6O7. The first-order valence-corrected chi connectivity index (χ1v) is 14.3. The van der Waals surface area contributed by atoms with Gasteiger partial charge < -0.3 is 30.3 Å². The van der Waals surface area contributed by atoms with E-state index >= 15 is 0 Å². The quantitative estimate of drug-likeness (QED) is 0.310. The van der Waals surface area contributed by atoms with E-state index in [1.807, 2.05) is 30.3 Å². The maximum atomic E-state index is 13.3. The summed E-state index contributed by atoms with van der Waals surface area (Å²) in [6.45, 7) is 6.44. The summed E-state index contributed by atoms with van der Waals surface area (Å²) in [5, 5.41) is 9.49. The predicted octanol–water partition coefficient (Wildman–Crippen LogP) is 2.21. The number of benzene rings is 2. The lowest BCUT2D eigenvalue weighted by Gasteiger charge is -2.26. The van der Waals surface area contributed by atoms with Gasteiger partial charge in [-0.05, 0) is 38.6 Å². The minimum Gasteiger partial charge on any atom is -0.460 e. The molecule has 0 radical (unpaired) electrons. The molecule has 232 valence electrons. The van der Waals surface area contributed by atoms with Gasteiger partial charge >= 0.3 is 12.1 Å². The third-order valence-electron chi connectivity index (χ3n) is 6.83. The molecule has 1 aliphatic rings. The summed E-state index contributed by atoms with van der Waals surface area (Å²) in [6, 6.07) is 11.1. The molecule has 4 amide bonds. The van der Waals surface area contributed by atoms with E-state index < -0.39 is 59.9 Å². The lowest BCUT2D eigenvalue weighted by atomic mass is 10.0. The van der Waals surface area contributed by atoms with Crippen LogP contribution in [0.15, 0.2) is 61.1 Å². The molecule has 3 aromatic rings. The number of aromatic nitrogens is 2. The molecule has 0 saturated carbocycles. The summed E-state index contributed by atoms with van der Waals surface area (Å²) in [5.41, 5.74) is -0.749. The average Bonchev–Trinajstić information content (AvgIpc) is 3.42. The number of rotatable bonds is 9. The van der Waals surface area contributed by atoms with Crippen molar-refractivity contribution in [2.45, 2.75) is 51.8 Å². The normalized spacial score (nSPS) is 17.0. The predicted molar refractivity (Wildman–Crippen MR) is 159 cm³/mol. The van der Waals surface area contributed by atoms with Gasteiger partial charge in [0, 0.05) is 30.9 Å². The first kappa shape index (κ1) is 31.9. The van der Waals surface area contributed by atoms with Crippen LogP contribution in [0.1, 0.15) is 44.6 Å². The van der Waals surface area contributed by atoms with Crippen molar-refractivity contribution in [3.63, 3.8) is 0 Å². The number of carbonyl (C=O) groups excluding carboxylic acids is 5. The molecule has 44 heavy (non-hydrogen) atoms. The molecule has 2 aromatic carbocycles. The van der Waals surface area contributed by atoms with Crippen LogP contribution in [0, 0.1) is 5.92 Å². The molecular weight excluding hydrogens is 568 g/mol. The lowest BCUT2D eigenvalue weighted by Crippen LogP contribution is -2.53. The third-order valence-corrected chi connectivity index (χ3v) is 6.83. The fourth-order valence-electron chi connectivity index (χ4n) is 4.71. The van der Waals surface area contributed by atoms with Crippen molar-refractivity contribution >= 4 is 40.6 Å². The van der Waals surface area contributed by atoms with Gasteiger partial charge in [0.1, 0.15) is 23.1 Å². The smallest absolute Gasteiger partial charge is 0.415 e. The largest absolute Gasteiger partial charge is 0.460 e. The first-order valence-electron chi connectivity index (χ1n) is 14.3. The van der Waals surface area contributed by atoms with E-state index in [-0.39, 0.29) is 25.2 Å².